The van der Waals surface area contributed by atoms with Crippen LogP contribution in [0, 0.1) is 16.0 Å². The molecule has 1 saturated carbocycles. The van der Waals surface area contributed by atoms with E-state index >= 15 is 0 Å². The van der Waals surface area contributed by atoms with Crippen LogP contribution in [0.3, 0.4) is 0 Å². The quantitative estimate of drug-likeness (QED) is 0.271. The van der Waals surface area contributed by atoms with Gasteiger partial charge in [0.25, 0.3) is 5.69 Å². The Balaban J connectivity index is 1.25. The average Bonchev–Trinajstić information content (AvgIpc) is 2.86. The lowest BCUT2D eigenvalue weighted by molar-refractivity contribution is -0.384. The highest BCUT2D eigenvalue weighted by Gasteiger charge is 2.22. The number of nitro benzene ring substituents is 1. The van der Waals surface area contributed by atoms with E-state index in [1.54, 1.807) is 18.2 Å². The number of non-ortho nitro benzene ring substituents is 1. The Bertz CT molecular complexity index is 1220. The number of nitro groups is 1. The number of hydrogen-bond donors (Lipinski definition) is 2. The molecule has 8 heteroatoms. The van der Waals surface area contributed by atoms with Crippen molar-refractivity contribution in [3.05, 3.63) is 76.4 Å². The first kappa shape index (κ1) is 24.2. The van der Waals surface area contributed by atoms with Gasteiger partial charge in [-0.3, -0.25) is 14.9 Å². The number of pyridine rings is 1. The Morgan fingerprint density at radius 3 is 2.51 bits per heavy atom. The van der Waals surface area contributed by atoms with Gasteiger partial charge >= 0.3 is 0 Å². The molecule has 3 aromatic rings. The molecule has 0 radical (unpaired) electrons. The van der Waals surface area contributed by atoms with E-state index in [2.05, 4.69) is 27.7 Å². The second kappa shape index (κ2) is 11.0. The third-order valence-electron chi connectivity index (χ3n) is 6.47. The largest absolute Gasteiger partial charge is 0.377 e. The molecule has 0 bridgehead atoms. The van der Waals surface area contributed by atoms with E-state index in [0.29, 0.717) is 18.5 Å². The molecule has 0 saturated heterocycles. The maximum atomic E-state index is 12.2. The maximum absolute atomic E-state index is 12.2. The van der Waals surface area contributed by atoms with Crippen LogP contribution in [-0.4, -0.2) is 42.5 Å². The molecule has 8 nitrogen and oxygen atoms in total. The molecule has 0 atom stereocenters. The number of carbonyl (C=O) groups is 1. The predicted octanol–water partition coefficient (Wildman–Crippen LogP) is 5.01. The average molecular weight is 474 g/mol. The molecule has 2 N–H and O–H groups in total. The third kappa shape index (κ3) is 6.35. The highest BCUT2D eigenvalue weighted by atomic mass is 16.6. The lowest BCUT2D eigenvalue weighted by atomic mass is 9.86. The van der Waals surface area contributed by atoms with Crippen LogP contribution in [0.2, 0.25) is 0 Å². The van der Waals surface area contributed by atoms with Gasteiger partial charge in [0.15, 0.2) is 0 Å². The fraction of sp³-hybridized carbons (Fsp3) is 0.333. The first-order valence-electron chi connectivity index (χ1n) is 11.9. The topological polar surface area (TPSA) is 100 Å². The van der Waals surface area contributed by atoms with Crippen LogP contribution in [0.15, 0.2) is 60.7 Å². The van der Waals surface area contributed by atoms with E-state index in [-0.39, 0.29) is 11.6 Å². The summed E-state index contributed by atoms with van der Waals surface area (Å²) in [6, 6.07) is 16.8. The molecule has 0 unspecified atom stereocenters. The van der Waals surface area contributed by atoms with E-state index in [1.165, 1.54) is 18.2 Å². The number of aromatic nitrogens is 1. The number of nitrogens with zero attached hydrogens (tertiary/aromatic N) is 3. The minimum Gasteiger partial charge on any atom is -0.377 e. The first-order chi connectivity index (χ1) is 16.9. The Labute approximate surface area is 205 Å². The zero-order valence-electron chi connectivity index (χ0n) is 20.1. The predicted molar refractivity (Wildman–Crippen MR) is 141 cm³/mol. The van der Waals surface area contributed by atoms with Crippen LogP contribution in [0.5, 0.6) is 0 Å². The maximum Gasteiger partial charge on any atom is 0.269 e. The van der Waals surface area contributed by atoms with Crippen LogP contribution in [-0.2, 0) is 4.79 Å². The van der Waals surface area contributed by atoms with E-state index in [1.807, 2.05) is 32.3 Å². The number of amides is 1. The monoisotopic (exact) mass is 473 g/mol. The van der Waals surface area contributed by atoms with Crippen LogP contribution in [0.1, 0.15) is 31.2 Å². The first-order valence-corrected chi connectivity index (χ1v) is 11.9. The van der Waals surface area contributed by atoms with Crippen molar-refractivity contribution in [1.29, 1.82) is 0 Å². The van der Waals surface area contributed by atoms with Crippen LogP contribution in [0.4, 0.5) is 17.2 Å². The van der Waals surface area contributed by atoms with E-state index in [9.17, 15) is 14.9 Å². The molecule has 35 heavy (non-hydrogen) atoms. The van der Waals surface area contributed by atoms with Crippen LogP contribution in [0.25, 0.3) is 17.0 Å². The van der Waals surface area contributed by atoms with Crippen molar-refractivity contribution in [3.8, 4) is 0 Å². The summed E-state index contributed by atoms with van der Waals surface area (Å²) < 4.78 is 0. The van der Waals surface area contributed by atoms with Gasteiger partial charge in [-0.2, -0.15) is 0 Å². The van der Waals surface area contributed by atoms with Gasteiger partial charge in [-0.15, -0.1) is 0 Å². The second-order valence-corrected chi connectivity index (χ2v) is 9.23. The highest BCUT2D eigenvalue weighted by Crippen LogP contribution is 2.30. The summed E-state index contributed by atoms with van der Waals surface area (Å²) >= 11 is 0. The Hall–Kier alpha value is -3.94. The SMILES string of the molecule is CN(C)c1cc(N[C@H]2CC[C@@H](CNC(=O)C=Cc3ccc([N+](=O)[O-])cc3)CC2)nc2ccccc12. The van der Waals surface area contributed by atoms with E-state index < -0.39 is 4.92 Å². The molecular weight excluding hydrogens is 442 g/mol. The normalized spacial score (nSPS) is 17.9. The fourth-order valence-corrected chi connectivity index (χ4v) is 4.50. The smallest absolute Gasteiger partial charge is 0.269 e. The molecule has 0 aliphatic heterocycles. The number of hydrogen-bond acceptors (Lipinski definition) is 6. The number of para-hydroxylation sites is 1. The van der Waals surface area contributed by atoms with E-state index in [0.717, 1.165) is 53.7 Å². The van der Waals surface area contributed by atoms with Crippen LogP contribution < -0.4 is 15.5 Å². The zero-order valence-corrected chi connectivity index (χ0v) is 20.1. The fourth-order valence-electron chi connectivity index (χ4n) is 4.50. The molecule has 1 amide bonds. The summed E-state index contributed by atoms with van der Waals surface area (Å²) in [6.07, 6.45) is 7.28. The van der Waals surface area contributed by atoms with Gasteiger partial charge in [-0.1, -0.05) is 18.2 Å². The third-order valence-corrected chi connectivity index (χ3v) is 6.47. The summed E-state index contributed by atoms with van der Waals surface area (Å²) in [5, 5.41) is 18.5. The van der Waals surface area contributed by atoms with Crippen molar-refractivity contribution < 1.29 is 9.72 Å². The van der Waals surface area contributed by atoms with Gasteiger partial charge in [-0.05, 0) is 61.4 Å². The molecule has 4 rings (SSSR count). The molecule has 182 valence electrons. The number of nitrogens with one attached hydrogen (secondary N) is 2. The molecular formula is C27H31N5O3. The standard InChI is InChI=1S/C27H31N5O3/c1-31(2)25-17-26(30-24-6-4-3-5-23(24)25)29-21-12-7-20(8-13-21)18-28-27(33)16-11-19-9-14-22(15-10-19)32(34)35/h3-6,9-11,14-17,20-21H,7-8,12-13,18H2,1-2H3,(H,28,33)(H,29,30)/t20-,21+. The number of rotatable bonds is 8. The number of carbonyl (C=O) groups excluding carboxylic acids is 1. The molecule has 1 aliphatic rings. The number of anilines is 2. The Morgan fingerprint density at radius 2 is 1.83 bits per heavy atom. The summed E-state index contributed by atoms with van der Waals surface area (Å²) in [5.74, 6) is 1.20. The summed E-state index contributed by atoms with van der Waals surface area (Å²) in [7, 11) is 4.10. The molecule has 0 spiro atoms. The summed E-state index contributed by atoms with van der Waals surface area (Å²) in [5.41, 5.74) is 2.92. The molecule has 1 heterocycles. The zero-order chi connectivity index (χ0) is 24.8. The van der Waals surface area contributed by atoms with Crippen molar-refractivity contribution >= 4 is 40.1 Å². The van der Waals surface area contributed by atoms with Crippen molar-refractivity contribution in [1.82, 2.24) is 10.3 Å². The van der Waals surface area contributed by atoms with Crippen molar-refractivity contribution in [2.45, 2.75) is 31.7 Å². The van der Waals surface area contributed by atoms with Gasteiger partial charge in [0.1, 0.15) is 5.82 Å². The lowest BCUT2D eigenvalue weighted by Gasteiger charge is -2.30. The molecule has 2 aromatic carbocycles. The Morgan fingerprint density at radius 1 is 1.11 bits per heavy atom. The summed E-state index contributed by atoms with van der Waals surface area (Å²) in [4.78, 5) is 29.4. The van der Waals surface area contributed by atoms with Crippen molar-refractivity contribution in [3.63, 3.8) is 0 Å². The second-order valence-electron chi connectivity index (χ2n) is 9.23. The minimum absolute atomic E-state index is 0.0335. The summed E-state index contributed by atoms with van der Waals surface area (Å²) in [6.45, 7) is 0.648. The van der Waals surface area contributed by atoms with Gasteiger partial charge in [0.2, 0.25) is 5.91 Å². The number of fused-ring (bicyclic) bond motifs is 1. The number of benzene rings is 2. The Kier molecular flexibility index (Phi) is 7.60. The van der Waals surface area contributed by atoms with Gasteiger partial charge in [0, 0.05) is 62.0 Å². The van der Waals surface area contributed by atoms with Gasteiger partial charge < -0.3 is 15.5 Å². The minimum atomic E-state index is -0.441. The van der Waals surface area contributed by atoms with Gasteiger partial charge in [0.05, 0.1) is 10.4 Å². The van der Waals surface area contributed by atoms with Gasteiger partial charge in [-0.25, -0.2) is 4.98 Å². The van der Waals surface area contributed by atoms with Crippen LogP contribution >= 0.6 is 0 Å². The molecule has 1 aromatic heterocycles. The molecule has 1 fully saturated rings. The van der Waals surface area contributed by atoms with E-state index in [4.69, 9.17) is 4.98 Å². The molecule has 1 aliphatic carbocycles. The lowest BCUT2D eigenvalue weighted by Crippen LogP contribution is -2.33. The van der Waals surface area contributed by atoms with Crippen molar-refractivity contribution in [2.75, 3.05) is 30.9 Å². The highest BCUT2D eigenvalue weighted by molar-refractivity contribution is 5.93. The van der Waals surface area contributed by atoms with Crippen molar-refractivity contribution in [2.24, 2.45) is 5.92 Å².